The molecule has 0 fully saturated rings. The minimum Gasteiger partial charge on any atom is -0.345 e. The van der Waals surface area contributed by atoms with Gasteiger partial charge in [0, 0.05) is 6.54 Å². The van der Waals surface area contributed by atoms with Crippen molar-refractivity contribution in [2.24, 2.45) is 11.8 Å². The lowest BCUT2D eigenvalue weighted by Gasteiger charge is -2.19. The number of amides is 1. The van der Waals surface area contributed by atoms with Crippen LogP contribution in [0.5, 0.6) is 0 Å². The van der Waals surface area contributed by atoms with Crippen LogP contribution >= 0.6 is 11.8 Å². The Kier molecular flexibility index (Phi) is 7.26. The average molecular weight is 376 g/mol. The summed E-state index contributed by atoms with van der Waals surface area (Å²) in [6, 6.07) is 7.62. The summed E-state index contributed by atoms with van der Waals surface area (Å²) in [5, 5.41) is 3.70. The number of aromatic nitrogens is 2. The van der Waals surface area contributed by atoms with Crippen molar-refractivity contribution in [3.8, 4) is 0 Å². The van der Waals surface area contributed by atoms with Gasteiger partial charge in [-0.25, -0.2) is 4.98 Å². The van der Waals surface area contributed by atoms with E-state index >= 15 is 0 Å². The number of benzene rings is 1. The normalized spacial score (nSPS) is 12.7. The molecule has 0 aliphatic carbocycles. The molecular weight excluding hydrogens is 346 g/mol. The highest BCUT2D eigenvalue weighted by Gasteiger charge is 2.21. The first-order valence-electron chi connectivity index (χ1n) is 9.17. The molecule has 1 aromatic heterocycles. The number of hydrogen-bond acceptors (Lipinski definition) is 4. The molecule has 26 heavy (non-hydrogen) atoms. The van der Waals surface area contributed by atoms with E-state index in [4.69, 9.17) is 4.98 Å². The highest BCUT2D eigenvalue weighted by atomic mass is 32.2. The predicted octanol–water partition coefficient (Wildman–Crippen LogP) is 3.90. The second kappa shape index (κ2) is 9.21. The maximum atomic E-state index is 12.3. The van der Waals surface area contributed by atoms with Gasteiger partial charge in [-0.05, 0) is 37.3 Å². The molecule has 0 aliphatic heterocycles. The highest BCUT2D eigenvalue weighted by Crippen LogP contribution is 2.25. The quantitative estimate of drug-likeness (QED) is 0.675. The molecule has 1 unspecified atom stereocenters. The van der Waals surface area contributed by atoms with Crippen LogP contribution in [-0.2, 0) is 16.1 Å². The van der Waals surface area contributed by atoms with Crippen LogP contribution in [0.25, 0.3) is 11.0 Å². The first-order chi connectivity index (χ1) is 12.3. The molecule has 0 aliphatic rings. The van der Waals surface area contributed by atoms with E-state index in [2.05, 4.69) is 29.8 Å². The van der Waals surface area contributed by atoms with Gasteiger partial charge in [0.2, 0.25) is 5.91 Å². The number of nitrogens with zero attached hydrogens (tertiary/aromatic N) is 2. The number of hydrogen-bond donors (Lipinski definition) is 1. The van der Waals surface area contributed by atoms with E-state index in [1.165, 1.54) is 18.7 Å². The topological polar surface area (TPSA) is 64.0 Å². The van der Waals surface area contributed by atoms with Crippen LogP contribution in [0.2, 0.25) is 0 Å². The summed E-state index contributed by atoms with van der Waals surface area (Å²) in [4.78, 5) is 28.7. The lowest BCUT2D eigenvalue weighted by atomic mass is 10.0. The second-order valence-corrected chi connectivity index (χ2v) is 8.35. The Balaban J connectivity index is 2.11. The molecule has 1 atom stereocenters. The number of para-hydroxylation sites is 2. The number of fused-ring (bicyclic) bond motifs is 1. The Morgan fingerprint density at radius 1 is 1.19 bits per heavy atom. The van der Waals surface area contributed by atoms with Crippen LogP contribution in [0, 0.1) is 11.8 Å². The smallest absolute Gasteiger partial charge is 0.231 e. The molecule has 5 nitrogen and oxygen atoms in total. The first-order valence-corrected chi connectivity index (χ1v) is 10.2. The molecule has 0 spiro atoms. The maximum Gasteiger partial charge on any atom is 0.231 e. The van der Waals surface area contributed by atoms with Gasteiger partial charge in [0.05, 0.1) is 22.8 Å². The van der Waals surface area contributed by atoms with E-state index in [0.29, 0.717) is 5.92 Å². The van der Waals surface area contributed by atoms with Gasteiger partial charge in [-0.15, -0.1) is 0 Å². The van der Waals surface area contributed by atoms with Crippen LogP contribution in [0.4, 0.5) is 0 Å². The zero-order valence-corrected chi connectivity index (χ0v) is 17.1. The predicted molar refractivity (Wildman–Crippen MR) is 107 cm³/mol. The summed E-state index contributed by atoms with van der Waals surface area (Å²) in [6.07, 6.45) is 1.06. The molecule has 0 bridgehead atoms. The maximum absolute atomic E-state index is 12.3. The lowest BCUT2D eigenvalue weighted by Crippen LogP contribution is -2.44. The number of nitrogens with one attached hydrogen (secondary N) is 1. The largest absolute Gasteiger partial charge is 0.345 e. The Labute approximate surface area is 159 Å². The van der Waals surface area contributed by atoms with Crippen LogP contribution in [0.15, 0.2) is 29.4 Å². The highest BCUT2D eigenvalue weighted by molar-refractivity contribution is 7.99. The second-order valence-electron chi connectivity index (χ2n) is 7.41. The number of carbonyl (C=O) groups is 2. The summed E-state index contributed by atoms with van der Waals surface area (Å²) >= 11 is 1.43. The third kappa shape index (κ3) is 5.34. The van der Waals surface area contributed by atoms with Gasteiger partial charge in [-0.1, -0.05) is 51.6 Å². The van der Waals surface area contributed by atoms with Crippen LogP contribution in [-0.4, -0.2) is 33.0 Å². The Morgan fingerprint density at radius 2 is 1.88 bits per heavy atom. The van der Waals surface area contributed by atoms with Gasteiger partial charge >= 0.3 is 0 Å². The van der Waals surface area contributed by atoms with Crippen molar-refractivity contribution in [2.45, 2.75) is 58.8 Å². The first kappa shape index (κ1) is 20.5. The molecule has 2 aromatic rings. The van der Waals surface area contributed by atoms with E-state index in [0.717, 1.165) is 29.2 Å². The van der Waals surface area contributed by atoms with E-state index in [-0.39, 0.29) is 23.4 Å². The van der Waals surface area contributed by atoms with Crippen molar-refractivity contribution >= 4 is 34.5 Å². The number of ketones is 1. The fourth-order valence-electron chi connectivity index (χ4n) is 2.85. The van der Waals surface area contributed by atoms with Gasteiger partial charge in [-0.2, -0.15) is 0 Å². The Bertz CT molecular complexity index is 768. The summed E-state index contributed by atoms with van der Waals surface area (Å²) in [7, 11) is 0. The molecule has 1 amide bonds. The SMILES string of the molecule is CC(=O)C(NC(=O)CSc1nc2ccccc2n1CCC(C)C)C(C)C. The van der Waals surface area contributed by atoms with Crippen LogP contribution in [0.1, 0.15) is 41.0 Å². The third-order valence-corrected chi connectivity index (χ3v) is 5.28. The molecule has 0 saturated carbocycles. The van der Waals surface area contributed by atoms with Crippen molar-refractivity contribution in [1.82, 2.24) is 14.9 Å². The molecule has 1 aromatic carbocycles. The third-order valence-electron chi connectivity index (χ3n) is 4.30. The number of aryl methyl sites for hydroxylation is 1. The molecule has 1 N–H and O–H groups in total. The van der Waals surface area contributed by atoms with Crippen molar-refractivity contribution < 1.29 is 9.59 Å². The Morgan fingerprint density at radius 3 is 2.50 bits per heavy atom. The number of rotatable bonds is 9. The minimum atomic E-state index is -0.428. The summed E-state index contributed by atoms with van der Waals surface area (Å²) in [5.41, 5.74) is 2.04. The molecule has 0 saturated heterocycles. The zero-order valence-electron chi connectivity index (χ0n) is 16.3. The molecule has 0 radical (unpaired) electrons. The summed E-state index contributed by atoms with van der Waals surface area (Å²) < 4.78 is 2.19. The van der Waals surface area contributed by atoms with E-state index in [1.807, 2.05) is 32.0 Å². The monoisotopic (exact) mass is 375 g/mol. The molecule has 1 heterocycles. The van der Waals surface area contributed by atoms with Crippen LogP contribution < -0.4 is 5.32 Å². The number of Topliss-reactive ketones (excluding diaryl/α,β-unsaturated/α-hetero) is 1. The number of carbonyl (C=O) groups excluding carboxylic acids is 2. The van der Waals surface area contributed by atoms with E-state index in [1.54, 1.807) is 0 Å². The van der Waals surface area contributed by atoms with Gasteiger partial charge in [0.25, 0.3) is 0 Å². The van der Waals surface area contributed by atoms with E-state index in [9.17, 15) is 9.59 Å². The average Bonchev–Trinajstić information content (AvgIpc) is 2.93. The standard InChI is InChI=1S/C20H29N3O2S/c1-13(2)10-11-23-17-9-7-6-8-16(17)21-20(23)26-12-18(25)22-19(14(3)4)15(5)24/h6-9,13-14,19H,10-12H2,1-5H3,(H,22,25). The van der Waals surface area contributed by atoms with Crippen molar-refractivity contribution in [3.63, 3.8) is 0 Å². The van der Waals surface area contributed by atoms with Gasteiger partial charge in [-0.3, -0.25) is 9.59 Å². The molecule has 2 rings (SSSR count). The lowest BCUT2D eigenvalue weighted by molar-refractivity contribution is -0.126. The van der Waals surface area contributed by atoms with Gasteiger partial charge < -0.3 is 9.88 Å². The molecular formula is C20H29N3O2S. The zero-order chi connectivity index (χ0) is 19.3. The molecule has 142 valence electrons. The minimum absolute atomic E-state index is 0.0116. The van der Waals surface area contributed by atoms with Crippen molar-refractivity contribution in [2.75, 3.05) is 5.75 Å². The number of imidazole rings is 1. The fraction of sp³-hybridized carbons (Fsp3) is 0.550. The van der Waals surface area contributed by atoms with Crippen LogP contribution in [0.3, 0.4) is 0 Å². The Hall–Kier alpha value is -1.82. The van der Waals surface area contributed by atoms with Crippen molar-refractivity contribution in [3.05, 3.63) is 24.3 Å². The van der Waals surface area contributed by atoms with Gasteiger partial charge in [0.15, 0.2) is 10.9 Å². The fourth-order valence-corrected chi connectivity index (χ4v) is 3.70. The summed E-state index contributed by atoms with van der Waals surface area (Å²) in [5.74, 6) is 0.784. The van der Waals surface area contributed by atoms with Gasteiger partial charge in [0.1, 0.15) is 0 Å². The summed E-state index contributed by atoms with van der Waals surface area (Å²) in [6.45, 7) is 10.7. The number of thioether (sulfide) groups is 1. The van der Waals surface area contributed by atoms with Crippen molar-refractivity contribution in [1.29, 1.82) is 0 Å². The van der Waals surface area contributed by atoms with E-state index < -0.39 is 6.04 Å². The molecule has 6 heteroatoms.